The van der Waals surface area contributed by atoms with E-state index < -0.39 is 0 Å². The van der Waals surface area contributed by atoms with Crippen LogP contribution in [0.2, 0.25) is 0 Å². The third-order valence-electron chi connectivity index (χ3n) is 5.26. The van der Waals surface area contributed by atoms with Crippen molar-refractivity contribution < 1.29 is 19.1 Å². The molecule has 0 amide bonds. The largest absolute Gasteiger partial charge is 0.493 e. The van der Waals surface area contributed by atoms with E-state index in [0.717, 1.165) is 50.0 Å². The predicted octanol–water partition coefficient (Wildman–Crippen LogP) is 2.32. The lowest BCUT2D eigenvalue weighted by Gasteiger charge is -2.34. The molecule has 0 spiro atoms. The molecule has 1 aliphatic heterocycles. The van der Waals surface area contributed by atoms with Gasteiger partial charge < -0.3 is 24.0 Å². The molecule has 0 saturated carbocycles. The van der Waals surface area contributed by atoms with E-state index in [1.807, 2.05) is 13.0 Å². The molecular formula is C22H31N2O3+. The topological polar surface area (TPSA) is 35.4 Å². The third-order valence-corrected chi connectivity index (χ3v) is 5.26. The van der Waals surface area contributed by atoms with Gasteiger partial charge in [-0.1, -0.05) is 12.1 Å². The Bertz CT molecular complexity index is 755. The lowest BCUT2D eigenvalue weighted by atomic mass is 10.1. The Labute approximate surface area is 162 Å². The van der Waals surface area contributed by atoms with Gasteiger partial charge in [-0.2, -0.15) is 0 Å². The molecular weight excluding hydrogens is 340 g/mol. The van der Waals surface area contributed by atoms with Crippen molar-refractivity contribution >= 4 is 5.69 Å². The van der Waals surface area contributed by atoms with Gasteiger partial charge in [0.25, 0.3) is 0 Å². The lowest BCUT2D eigenvalue weighted by Crippen LogP contribution is -3.13. The second-order valence-corrected chi connectivity index (χ2v) is 6.95. The highest BCUT2D eigenvalue weighted by atomic mass is 16.5. The van der Waals surface area contributed by atoms with Crippen LogP contribution in [-0.2, 0) is 6.54 Å². The normalized spacial score (nSPS) is 14.9. The molecule has 5 heteroatoms. The smallest absolute Gasteiger partial charge is 0.161 e. The first kappa shape index (κ1) is 19.4. The molecule has 0 radical (unpaired) electrons. The summed E-state index contributed by atoms with van der Waals surface area (Å²) in [7, 11) is 3.37. The summed E-state index contributed by atoms with van der Waals surface area (Å²) in [5, 5.41) is 0. The van der Waals surface area contributed by atoms with Crippen LogP contribution >= 0.6 is 0 Å². The molecule has 27 heavy (non-hydrogen) atoms. The Kier molecular flexibility index (Phi) is 6.45. The van der Waals surface area contributed by atoms with Gasteiger partial charge in [0.05, 0.1) is 52.7 Å². The first-order valence-electron chi connectivity index (χ1n) is 9.68. The minimum Gasteiger partial charge on any atom is -0.493 e. The molecule has 1 aliphatic rings. The molecule has 0 atom stereocenters. The Balaban J connectivity index is 1.65. The number of rotatable bonds is 7. The van der Waals surface area contributed by atoms with Crippen LogP contribution in [0.15, 0.2) is 36.4 Å². The van der Waals surface area contributed by atoms with Gasteiger partial charge in [-0.15, -0.1) is 0 Å². The average molecular weight is 372 g/mol. The maximum atomic E-state index is 5.80. The van der Waals surface area contributed by atoms with Gasteiger partial charge in [0.15, 0.2) is 11.5 Å². The molecule has 3 rings (SSSR count). The first-order valence-corrected chi connectivity index (χ1v) is 9.68. The molecule has 2 aromatic rings. The first-order chi connectivity index (χ1) is 13.2. The zero-order valence-electron chi connectivity index (χ0n) is 16.9. The number of anilines is 1. The van der Waals surface area contributed by atoms with E-state index in [-0.39, 0.29) is 0 Å². The zero-order valence-corrected chi connectivity index (χ0v) is 16.9. The van der Waals surface area contributed by atoms with Gasteiger partial charge in [-0.3, -0.25) is 0 Å². The molecule has 1 fully saturated rings. The summed E-state index contributed by atoms with van der Waals surface area (Å²) in [6.07, 6.45) is 0. The quantitative estimate of drug-likeness (QED) is 0.810. The summed E-state index contributed by atoms with van der Waals surface area (Å²) >= 11 is 0. The van der Waals surface area contributed by atoms with Gasteiger partial charge >= 0.3 is 0 Å². The highest BCUT2D eigenvalue weighted by Gasteiger charge is 2.23. The number of hydrogen-bond donors (Lipinski definition) is 1. The van der Waals surface area contributed by atoms with Crippen molar-refractivity contribution in [3.8, 4) is 17.2 Å². The van der Waals surface area contributed by atoms with Gasteiger partial charge in [0.1, 0.15) is 12.3 Å². The predicted molar refractivity (Wildman–Crippen MR) is 109 cm³/mol. The zero-order chi connectivity index (χ0) is 19.2. The van der Waals surface area contributed by atoms with Crippen LogP contribution in [0, 0.1) is 6.92 Å². The van der Waals surface area contributed by atoms with Crippen LogP contribution in [0.5, 0.6) is 17.2 Å². The lowest BCUT2D eigenvalue weighted by molar-refractivity contribution is -0.914. The summed E-state index contributed by atoms with van der Waals surface area (Å²) in [6.45, 7) is 10.2. The van der Waals surface area contributed by atoms with E-state index in [2.05, 4.69) is 42.2 Å². The number of para-hydroxylation sites is 2. The number of methoxy groups -OCH3 is 2. The number of aryl methyl sites for hydroxylation is 1. The van der Waals surface area contributed by atoms with E-state index in [1.165, 1.54) is 16.8 Å². The molecule has 2 aromatic carbocycles. The van der Waals surface area contributed by atoms with Crippen LogP contribution in [-0.4, -0.2) is 47.0 Å². The summed E-state index contributed by atoms with van der Waals surface area (Å²) < 4.78 is 16.7. The van der Waals surface area contributed by atoms with E-state index in [4.69, 9.17) is 14.2 Å². The fraction of sp³-hybridized carbons (Fsp3) is 0.455. The second-order valence-electron chi connectivity index (χ2n) is 6.95. The van der Waals surface area contributed by atoms with Gasteiger partial charge in [-0.05, 0) is 43.7 Å². The number of quaternary nitrogens is 1. The SMILES string of the molecule is CCOc1ccccc1N1CC[NH+](Cc2cc(OC)c(OC)cc2C)CC1. The Morgan fingerprint density at radius 2 is 1.63 bits per heavy atom. The number of nitrogens with zero attached hydrogens (tertiary/aromatic N) is 1. The molecule has 1 heterocycles. The minimum absolute atomic E-state index is 0.695. The third kappa shape index (κ3) is 4.48. The van der Waals surface area contributed by atoms with Gasteiger partial charge in [-0.25, -0.2) is 0 Å². The highest BCUT2D eigenvalue weighted by Crippen LogP contribution is 2.30. The molecule has 5 nitrogen and oxygen atoms in total. The average Bonchev–Trinajstić information content (AvgIpc) is 2.70. The van der Waals surface area contributed by atoms with Crippen molar-refractivity contribution in [2.45, 2.75) is 20.4 Å². The number of benzene rings is 2. The standard InChI is InChI=1S/C22H30N2O3/c1-5-27-20-9-7-6-8-19(20)24-12-10-23(11-13-24)16-18-15-22(26-4)21(25-3)14-17(18)2/h6-9,14-15H,5,10-13,16H2,1-4H3/p+1. The number of ether oxygens (including phenoxy) is 3. The minimum atomic E-state index is 0.695. The van der Waals surface area contributed by atoms with Crippen molar-refractivity contribution in [1.29, 1.82) is 0 Å². The molecule has 146 valence electrons. The second kappa shape index (κ2) is 9.00. The van der Waals surface area contributed by atoms with Crippen molar-refractivity contribution in [2.75, 3.05) is 51.9 Å². The monoisotopic (exact) mass is 371 g/mol. The van der Waals surface area contributed by atoms with Crippen LogP contribution in [0.4, 0.5) is 5.69 Å². The Morgan fingerprint density at radius 3 is 2.30 bits per heavy atom. The van der Waals surface area contributed by atoms with Gasteiger partial charge in [0.2, 0.25) is 0 Å². The highest BCUT2D eigenvalue weighted by molar-refractivity contribution is 5.58. The number of nitrogens with one attached hydrogen (secondary N) is 1. The summed E-state index contributed by atoms with van der Waals surface area (Å²) in [5.74, 6) is 2.59. The van der Waals surface area contributed by atoms with Crippen molar-refractivity contribution in [3.05, 3.63) is 47.5 Å². The van der Waals surface area contributed by atoms with E-state index in [1.54, 1.807) is 19.1 Å². The van der Waals surface area contributed by atoms with Crippen LogP contribution in [0.25, 0.3) is 0 Å². The van der Waals surface area contributed by atoms with Crippen LogP contribution < -0.4 is 24.0 Å². The van der Waals surface area contributed by atoms with Crippen molar-refractivity contribution in [3.63, 3.8) is 0 Å². The number of hydrogen-bond acceptors (Lipinski definition) is 4. The summed E-state index contributed by atoms with van der Waals surface area (Å²) in [6, 6.07) is 12.5. The molecule has 0 unspecified atom stereocenters. The maximum absolute atomic E-state index is 5.80. The number of piperazine rings is 1. The maximum Gasteiger partial charge on any atom is 0.161 e. The Hall–Kier alpha value is -2.40. The van der Waals surface area contributed by atoms with Crippen LogP contribution in [0.3, 0.4) is 0 Å². The molecule has 0 bridgehead atoms. The molecule has 1 N–H and O–H groups in total. The molecule has 0 aliphatic carbocycles. The van der Waals surface area contributed by atoms with E-state index >= 15 is 0 Å². The Morgan fingerprint density at radius 1 is 0.963 bits per heavy atom. The van der Waals surface area contributed by atoms with E-state index in [0.29, 0.717) is 6.61 Å². The fourth-order valence-electron chi connectivity index (χ4n) is 3.72. The summed E-state index contributed by atoms with van der Waals surface area (Å²) in [4.78, 5) is 4.03. The van der Waals surface area contributed by atoms with Gasteiger partial charge in [0, 0.05) is 5.56 Å². The van der Waals surface area contributed by atoms with Crippen LogP contribution in [0.1, 0.15) is 18.1 Å². The molecule has 0 aromatic heterocycles. The van der Waals surface area contributed by atoms with Crippen molar-refractivity contribution in [1.82, 2.24) is 0 Å². The molecule has 1 saturated heterocycles. The van der Waals surface area contributed by atoms with E-state index in [9.17, 15) is 0 Å². The fourth-order valence-corrected chi connectivity index (χ4v) is 3.72. The summed E-state index contributed by atoms with van der Waals surface area (Å²) in [5.41, 5.74) is 3.79. The van der Waals surface area contributed by atoms with Crippen molar-refractivity contribution in [2.24, 2.45) is 0 Å².